The van der Waals surface area contributed by atoms with Crippen LogP contribution in [-0.4, -0.2) is 22.0 Å². The lowest BCUT2D eigenvalue weighted by Crippen LogP contribution is -2.26. The van der Waals surface area contributed by atoms with Crippen molar-refractivity contribution in [2.24, 2.45) is 11.3 Å². The molecule has 4 rings (SSSR count). The number of ketones is 1. The molecule has 0 amide bonds. The van der Waals surface area contributed by atoms with Gasteiger partial charge in [0.2, 0.25) is 0 Å². The molecule has 190 valence electrons. The van der Waals surface area contributed by atoms with Crippen LogP contribution in [0.25, 0.3) is 0 Å². The number of hydrogen-bond acceptors (Lipinski definition) is 4. The van der Waals surface area contributed by atoms with Crippen LogP contribution in [-0.2, 0) is 16.0 Å². The number of aromatic nitrogens is 1. The second-order valence-electron chi connectivity index (χ2n) is 12.0. The maximum absolute atomic E-state index is 13.1. The molecule has 0 saturated heterocycles. The van der Waals surface area contributed by atoms with Crippen LogP contribution >= 0.6 is 11.6 Å². The first-order chi connectivity index (χ1) is 16.5. The summed E-state index contributed by atoms with van der Waals surface area (Å²) in [5.41, 5.74) is 4.30. The number of rotatable bonds is 11. The van der Waals surface area contributed by atoms with E-state index < -0.39 is 5.97 Å². The molecular formula is C29H38ClNO4. The molecule has 1 atom stereocenters. The quantitative estimate of drug-likeness (QED) is 0.344. The topological polar surface area (TPSA) is 80.4 Å². The van der Waals surface area contributed by atoms with Gasteiger partial charge in [0.1, 0.15) is 11.5 Å². The summed E-state index contributed by atoms with van der Waals surface area (Å²) in [6, 6.07) is 5.57. The number of halogens is 1. The highest BCUT2D eigenvalue weighted by Crippen LogP contribution is 2.53. The molecule has 2 aromatic rings. The Balaban J connectivity index is 1.51. The number of nitrogens with zero attached hydrogens (tertiary/aromatic N) is 1. The number of carbonyl (C=O) groups is 2. The fourth-order valence-corrected chi connectivity index (χ4v) is 5.95. The first-order valence-electron chi connectivity index (χ1n) is 13.0. The molecule has 2 aliphatic rings. The number of carboxylic acid groups (broad SMARTS) is 1. The number of carboxylic acids is 1. The molecule has 0 unspecified atom stereocenters. The normalized spacial score (nSPS) is 20.9. The zero-order chi connectivity index (χ0) is 25.3. The second kappa shape index (κ2) is 10.5. The highest BCUT2D eigenvalue weighted by atomic mass is 35.5. The van der Waals surface area contributed by atoms with Gasteiger partial charge in [-0.1, -0.05) is 43.6 Å². The van der Waals surface area contributed by atoms with Crippen LogP contribution in [0.15, 0.2) is 22.7 Å². The molecule has 5 nitrogen and oxygen atoms in total. The molecule has 1 heterocycles. The largest absolute Gasteiger partial charge is 0.481 e. The fraction of sp³-hybridized carbons (Fsp3) is 0.621. The predicted molar refractivity (Wildman–Crippen MR) is 137 cm³/mol. The molecule has 35 heavy (non-hydrogen) atoms. The minimum absolute atomic E-state index is 0.0152. The molecule has 6 heteroatoms. The first-order valence-corrected chi connectivity index (χ1v) is 13.4. The monoisotopic (exact) mass is 499 g/mol. The lowest BCUT2D eigenvalue weighted by atomic mass is 9.66. The van der Waals surface area contributed by atoms with Gasteiger partial charge in [0.05, 0.1) is 5.69 Å². The van der Waals surface area contributed by atoms with Crippen LogP contribution in [0.4, 0.5) is 0 Å². The van der Waals surface area contributed by atoms with Crippen molar-refractivity contribution in [3.05, 3.63) is 51.4 Å². The second-order valence-corrected chi connectivity index (χ2v) is 12.5. The molecule has 1 aromatic heterocycles. The number of carbonyl (C=O) groups excluding carboxylic acids is 1. The van der Waals surface area contributed by atoms with Crippen molar-refractivity contribution in [1.82, 2.24) is 5.16 Å². The summed E-state index contributed by atoms with van der Waals surface area (Å²) in [5.74, 6) is 1.56. The Hall–Kier alpha value is -2.14. The zero-order valence-corrected chi connectivity index (χ0v) is 22.2. The zero-order valence-electron chi connectivity index (χ0n) is 21.4. The summed E-state index contributed by atoms with van der Waals surface area (Å²) >= 11 is 6.07. The van der Waals surface area contributed by atoms with Crippen molar-refractivity contribution >= 4 is 23.4 Å². The smallest absolute Gasteiger partial charge is 0.303 e. The standard InChI is InChI=1S/C29H38ClNO4/c1-17-11-23(30)9-7-20(17)14-24(32)15-21(8-10-25(33)34)27-26(19-5-6-19)28(35-31-27)22-12-18(13-22)16-29(2,3)4/h7,9,11,18-19,21-22H,5-6,8,10,12-16H2,1-4H3,(H,33,34)/t18?,21-,22?/m1/s1. The van der Waals surface area contributed by atoms with Crippen LogP contribution in [0.1, 0.15) is 118 Å². The molecule has 1 N–H and O–H groups in total. The third-order valence-electron chi connectivity index (χ3n) is 7.54. The van der Waals surface area contributed by atoms with Crippen molar-refractivity contribution in [1.29, 1.82) is 0 Å². The van der Waals surface area contributed by atoms with Gasteiger partial charge in [-0.05, 0) is 86.0 Å². The molecule has 2 saturated carbocycles. The average Bonchev–Trinajstić information content (AvgIpc) is 3.47. The van der Waals surface area contributed by atoms with Gasteiger partial charge >= 0.3 is 5.97 Å². The van der Waals surface area contributed by atoms with E-state index >= 15 is 0 Å². The Morgan fingerprint density at radius 1 is 1.20 bits per heavy atom. The molecule has 2 aliphatic carbocycles. The van der Waals surface area contributed by atoms with Crippen molar-refractivity contribution in [2.45, 2.75) is 103 Å². The Morgan fingerprint density at radius 2 is 1.91 bits per heavy atom. The van der Waals surface area contributed by atoms with Gasteiger partial charge in [0.15, 0.2) is 0 Å². The number of aryl methyl sites for hydroxylation is 1. The van der Waals surface area contributed by atoms with Gasteiger partial charge in [-0.3, -0.25) is 9.59 Å². The molecule has 0 bridgehead atoms. The van der Waals surface area contributed by atoms with Gasteiger partial charge in [-0.15, -0.1) is 0 Å². The summed E-state index contributed by atoms with van der Waals surface area (Å²) in [6.07, 6.45) is 6.69. The van der Waals surface area contributed by atoms with E-state index in [0.717, 1.165) is 48.3 Å². The summed E-state index contributed by atoms with van der Waals surface area (Å²) in [5, 5.41) is 14.5. The molecule has 1 aromatic carbocycles. The van der Waals surface area contributed by atoms with E-state index in [4.69, 9.17) is 16.1 Å². The number of benzene rings is 1. The minimum Gasteiger partial charge on any atom is -0.481 e. The van der Waals surface area contributed by atoms with Gasteiger partial charge in [-0.2, -0.15) is 0 Å². The molecular weight excluding hydrogens is 462 g/mol. The third-order valence-corrected chi connectivity index (χ3v) is 7.77. The molecule has 0 spiro atoms. The van der Waals surface area contributed by atoms with E-state index in [-0.39, 0.29) is 24.5 Å². The Labute approximate surface area is 213 Å². The maximum atomic E-state index is 13.1. The third kappa shape index (κ3) is 6.75. The SMILES string of the molecule is Cc1cc(Cl)ccc1CC(=O)C[C@@H](CCC(=O)O)c1noc(C2CC(CC(C)(C)C)C2)c1C1CC1. The molecule has 2 fully saturated rings. The van der Waals surface area contributed by atoms with Crippen LogP contribution in [0.5, 0.6) is 0 Å². The van der Waals surface area contributed by atoms with E-state index in [0.29, 0.717) is 41.0 Å². The fourth-order valence-electron chi connectivity index (χ4n) is 5.73. The Bertz CT molecular complexity index is 1070. The van der Waals surface area contributed by atoms with E-state index in [2.05, 4.69) is 25.9 Å². The van der Waals surface area contributed by atoms with E-state index in [9.17, 15) is 14.7 Å². The van der Waals surface area contributed by atoms with Gasteiger partial charge in [0, 0.05) is 41.7 Å². The van der Waals surface area contributed by atoms with Gasteiger partial charge in [-0.25, -0.2) is 0 Å². The summed E-state index contributed by atoms with van der Waals surface area (Å²) in [7, 11) is 0. The van der Waals surface area contributed by atoms with Crippen LogP contribution in [0.2, 0.25) is 5.02 Å². The highest BCUT2D eigenvalue weighted by Gasteiger charge is 2.42. The van der Waals surface area contributed by atoms with E-state index in [1.807, 2.05) is 19.1 Å². The lowest BCUT2D eigenvalue weighted by molar-refractivity contribution is -0.137. The summed E-state index contributed by atoms with van der Waals surface area (Å²) < 4.78 is 5.98. The molecule has 0 aliphatic heterocycles. The van der Waals surface area contributed by atoms with Crippen molar-refractivity contribution in [3.8, 4) is 0 Å². The van der Waals surface area contributed by atoms with Crippen molar-refractivity contribution in [2.75, 3.05) is 0 Å². The number of Topliss-reactive ketones (excluding diaryl/α,β-unsaturated/α-hetero) is 1. The van der Waals surface area contributed by atoms with Gasteiger partial charge < -0.3 is 9.63 Å². The minimum atomic E-state index is -0.850. The average molecular weight is 500 g/mol. The van der Waals surface area contributed by atoms with Gasteiger partial charge in [0.25, 0.3) is 0 Å². The number of hydrogen-bond donors (Lipinski definition) is 1. The first kappa shape index (κ1) is 25.9. The number of aliphatic carboxylic acids is 1. The lowest BCUT2D eigenvalue weighted by Gasteiger charge is -2.38. The van der Waals surface area contributed by atoms with Crippen LogP contribution in [0, 0.1) is 18.3 Å². The van der Waals surface area contributed by atoms with E-state index in [1.54, 1.807) is 6.07 Å². The predicted octanol–water partition coefficient (Wildman–Crippen LogP) is 7.59. The summed E-state index contributed by atoms with van der Waals surface area (Å²) in [6.45, 7) is 8.82. The highest BCUT2D eigenvalue weighted by molar-refractivity contribution is 6.30. The van der Waals surface area contributed by atoms with Crippen molar-refractivity contribution in [3.63, 3.8) is 0 Å². The van der Waals surface area contributed by atoms with Crippen molar-refractivity contribution < 1.29 is 19.2 Å². The Kier molecular flexibility index (Phi) is 7.75. The molecule has 0 radical (unpaired) electrons. The van der Waals surface area contributed by atoms with E-state index in [1.165, 1.54) is 12.0 Å². The summed E-state index contributed by atoms with van der Waals surface area (Å²) in [4.78, 5) is 24.5. The van der Waals surface area contributed by atoms with Crippen LogP contribution in [0.3, 0.4) is 0 Å². The van der Waals surface area contributed by atoms with Crippen LogP contribution < -0.4 is 0 Å². The Morgan fingerprint density at radius 3 is 2.51 bits per heavy atom. The maximum Gasteiger partial charge on any atom is 0.303 e.